The summed E-state index contributed by atoms with van der Waals surface area (Å²) in [7, 11) is 0. The standard InChI is InChI=1S/C17H22F3N/c18-17(19,20)13-8-10-14(11-9-13)21-16-7-3-5-12-4-1-2-6-15(12)16/h3,5,7,13-14,21H,1-2,4,6,8-11H2. The van der Waals surface area contributed by atoms with Crippen LogP contribution in [-0.2, 0) is 12.8 Å². The highest BCUT2D eigenvalue weighted by atomic mass is 19.4. The second kappa shape index (κ2) is 5.90. The zero-order valence-electron chi connectivity index (χ0n) is 12.2. The molecule has 2 aliphatic carbocycles. The van der Waals surface area contributed by atoms with E-state index in [1.54, 1.807) is 0 Å². The van der Waals surface area contributed by atoms with Crippen LogP contribution < -0.4 is 5.32 Å². The molecule has 1 nitrogen and oxygen atoms in total. The van der Waals surface area contributed by atoms with Crippen molar-refractivity contribution >= 4 is 5.69 Å². The zero-order valence-corrected chi connectivity index (χ0v) is 12.2. The molecule has 0 radical (unpaired) electrons. The maximum atomic E-state index is 12.7. The molecular weight excluding hydrogens is 275 g/mol. The highest BCUT2D eigenvalue weighted by molar-refractivity contribution is 5.56. The first-order valence-corrected chi connectivity index (χ1v) is 7.98. The SMILES string of the molecule is FC(F)(F)C1CCC(Nc2cccc3c2CCCC3)CC1. The van der Waals surface area contributed by atoms with E-state index in [2.05, 4.69) is 23.5 Å². The number of benzene rings is 1. The molecule has 1 aromatic carbocycles. The molecular formula is C17H22F3N. The Balaban J connectivity index is 1.64. The van der Waals surface area contributed by atoms with Gasteiger partial charge in [-0.3, -0.25) is 0 Å². The van der Waals surface area contributed by atoms with Crippen LogP contribution in [0, 0.1) is 5.92 Å². The number of anilines is 1. The van der Waals surface area contributed by atoms with E-state index in [-0.39, 0.29) is 18.9 Å². The topological polar surface area (TPSA) is 12.0 Å². The Labute approximate surface area is 123 Å². The number of rotatable bonds is 2. The molecule has 0 unspecified atom stereocenters. The Morgan fingerprint density at radius 3 is 2.38 bits per heavy atom. The molecule has 4 heteroatoms. The molecule has 0 bridgehead atoms. The van der Waals surface area contributed by atoms with Crippen LogP contribution in [0.2, 0.25) is 0 Å². The van der Waals surface area contributed by atoms with Crippen molar-refractivity contribution in [2.24, 2.45) is 5.92 Å². The van der Waals surface area contributed by atoms with Gasteiger partial charge in [0.15, 0.2) is 0 Å². The third-order valence-electron chi connectivity index (χ3n) is 4.95. The Kier molecular flexibility index (Phi) is 4.14. The summed E-state index contributed by atoms with van der Waals surface area (Å²) in [5.74, 6) is -1.10. The maximum absolute atomic E-state index is 12.7. The second-order valence-corrected chi connectivity index (χ2v) is 6.38. The van der Waals surface area contributed by atoms with E-state index in [4.69, 9.17) is 0 Å². The van der Waals surface area contributed by atoms with Gasteiger partial charge in [0.25, 0.3) is 0 Å². The van der Waals surface area contributed by atoms with E-state index < -0.39 is 12.1 Å². The minimum Gasteiger partial charge on any atom is -0.382 e. The van der Waals surface area contributed by atoms with E-state index >= 15 is 0 Å². The number of alkyl halides is 3. The Morgan fingerprint density at radius 1 is 0.952 bits per heavy atom. The molecule has 0 atom stereocenters. The van der Waals surface area contributed by atoms with E-state index in [0.717, 1.165) is 18.5 Å². The molecule has 0 aromatic heterocycles. The Bertz CT molecular complexity index is 487. The van der Waals surface area contributed by atoms with Crippen molar-refractivity contribution < 1.29 is 13.2 Å². The van der Waals surface area contributed by atoms with Gasteiger partial charge in [-0.15, -0.1) is 0 Å². The Morgan fingerprint density at radius 2 is 1.67 bits per heavy atom. The molecule has 0 spiro atoms. The third-order valence-corrected chi connectivity index (χ3v) is 4.95. The average Bonchev–Trinajstić information content (AvgIpc) is 2.47. The van der Waals surface area contributed by atoms with Crippen molar-refractivity contribution in [3.63, 3.8) is 0 Å². The summed E-state index contributed by atoms with van der Waals surface area (Å²) >= 11 is 0. The van der Waals surface area contributed by atoms with Gasteiger partial charge in [-0.05, 0) is 68.6 Å². The van der Waals surface area contributed by atoms with Crippen LogP contribution in [0.15, 0.2) is 18.2 Å². The number of hydrogen-bond donors (Lipinski definition) is 1. The van der Waals surface area contributed by atoms with Crippen molar-refractivity contribution in [3.8, 4) is 0 Å². The van der Waals surface area contributed by atoms with Crippen LogP contribution in [0.5, 0.6) is 0 Å². The van der Waals surface area contributed by atoms with Crippen LogP contribution in [0.3, 0.4) is 0 Å². The maximum Gasteiger partial charge on any atom is 0.391 e. The van der Waals surface area contributed by atoms with Gasteiger partial charge in [-0.1, -0.05) is 12.1 Å². The van der Waals surface area contributed by atoms with Crippen molar-refractivity contribution in [1.82, 2.24) is 0 Å². The van der Waals surface area contributed by atoms with Gasteiger partial charge in [-0.25, -0.2) is 0 Å². The molecule has 0 amide bonds. The lowest BCUT2D eigenvalue weighted by Crippen LogP contribution is -2.33. The highest BCUT2D eigenvalue weighted by Crippen LogP contribution is 2.38. The largest absolute Gasteiger partial charge is 0.391 e. The first-order valence-electron chi connectivity index (χ1n) is 7.98. The van der Waals surface area contributed by atoms with Crippen LogP contribution >= 0.6 is 0 Å². The first-order chi connectivity index (χ1) is 10.0. The lowest BCUT2D eigenvalue weighted by atomic mass is 9.85. The quantitative estimate of drug-likeness (QED) is 0.801. The van der Waals surface area contributed by atoms with E-state index in [1.165, 1.54) is 24.0 Å². The van der Waals surface area contributed by atoms with Gasteiger partial charge < -0.3 is 5.32 Å². The number of aryl methyl sites for hydroxylation is 1. The summed E-state index contributed by atoms with van der Waals surface area (Å²) < 4.78 is 38.1. The first kappa shape index (κ1) is 14.7. The molecule has 3 rings (SSSR count). The fraction of sp³-hybridized carbons (Fsp3) is 0.647. The molecule has 1 saturated carbocycles. The molecule has 0 saturated heterocycles. The summed E-state index contributed by atoms with van der Waals surface area (Å²) in [5, 5.41) is 3.51. The van der Waals surface area contributed by atoms with Crippen molar-refractivity contribution in [2.45, 2.75) is 63.6 Å². The molecule has 0 heterocycles. The minimum absolute atomic E-state index is 0.192. The zero-order chi connectivity index (χ0) is 14.9. The van der Waals surface area contributed by atoms with Crippen LogP contribution in [0.25, 0.3) is 0 Å². The van der Waals surface area contributed by atoms with E-state index in [9.17, 15) is 13.2 Å². The van der Waals surface area contributed by atoms with Gasteiger partial charge in [0.2, 0.25) is 0 Å². The summed E-state index contributed by atoms with van der Waals surface area (Å²) in [6, 6.07) is 6.52. The number of halogens is 3. The number of hydrogen-bond acceptors (Lipinski definition) is 1. The molecule has 1 fully saturated rings. The summed E-state index contributed by atoms with van der Waals surface area (Å²) in [5.41, 5.74) is 3.96. The summed E-state index contributed by atoms with van der Waals surface area (Å²) in [6.45, 7) is 0. The molecule has 21 heavy (non-hydrogen) atoms. The fourth-order valence-corrected chi connectivity index (χ4v) is 3.70. The monoisotopic (exact) mass is 297 g/mol. The van der Waals surface area contributed by atoms with E-state index in [1.807, 2.05) is 0 Å². The van der Waals surface area contributed by atoms with E-state index in [0.29, 0.717) is 12.8 Å². The molecule has 2 aliphatic rings. The predicted molar refractivity (Wildman–Crippen MR) is 78.5 cm³/mol. The van der Waals surface area contributed by atoms with Crippen molar-refractivity contribution in [3.05, 3.63) is 29.3 Å². The lowest BCUT2D eigenvalue weighted by molar-refractivity contribution is -0.182. The molecule has 0 aliphatic heterocycles. The van der Waals surface area contributed by atoms with Gasteiger partial charge in [0.05, 0.1) is 5.92 Å². The average molecular weight is 297 g/mol. The van der Waals surface area contributed by atoms with Gasteiger partial charge in [0.1, 0.15) is 0 Å². The fourth-order valence-electron chi connectivity index (χ4n) is 3.70. The normalized spacial score (nSPS) is 26.2. The number of fused-ring (bicyclic) bond motifs is 1. The Hall–Kier alpha value is -1.19. The van der Waals surface area contributed by atoms with Gasteiger partial charge in [0, 0.05) is 11.7 Å². The summed E-state index contributed by atoms with van der Waals surface area (Å²) in [6.07, 6.45) is 2.42. The van der Waals surface area contributed by atoms with Gasteiger partial charge >= 0.3 is 6.18 Å². The number of nitrogens with one attached hydrogen (secondary N) is 1. The van der Waals surface area contributed by atoms with Crippen molar-refractivity contribution in [2.75, 3.05) is 5.32 Å². The highest BCUT2D eigenvalue weighted by Gasteiger charge is 2.41. The molecule has 1 N–H and O–H groups in total. The van der Waals surface area contributed by atoms with Crippen LogP contribution in [-0.4, -0.2) is 12.2 Å². The van der Waals surface area contributed by atoms with Crippen LogP contribution in [0.4, 0.5) is 18.9 Å². The summed E-state index contributed by atoms with van der Waals surface area (Å²) in [4.78, 5) is 0. The second-order valence-electron chi connectivity index (χ2n) is 6.38. The predicted octanol–water partition coefficient (Wildman–Crippen LogP) is 5.10. The third kappa shape index (κ3) is 3.35. The molecule has 1 aromatic rings. The molecule has 116 valence electrons. The smallest absolute Gasteiger partial charge is 0.382 e. The van der Waals surface area contributed by atoms with Gasteiger partial charge in [-0.2, -0.15) is 13.2 Å². The lowest BCUT2D eigenvalue weighted by Gasteiger charge is -2.32. The van der Waals surface area contributed by atoms with Crippen LogP contribution in [0.1, 0.15) is 49.7 Å². The van der Waals surface area contributed by atoms with Crippen molar-refractivity contribution in [1.29, 1.82) is 0 Å². The minimum atomic E-state index is -4.02.